The first-order valence-corrected chi connectivity index (χ1v) is 8.75. The molecule has 1 N–H and O–H groups in total. The summed E-state index contributed by atoms with van der Waals surface area (Å²) in [5, 5.41) is 2.66. The number of ether oxygens (including phenoxy) is 1. The van der Waals surface area contributed by atoms with Crippen LogP contribution in [0, 0.1) is 0 Å². The van der Waals surface area contributed by atoms with Gasteiger partial charge in [-0.25, -0.2) is 0 Å². The van der Waals surface area contributed by atoms with E-state index in [1.54, 1.807) is 31.2 Å². The predicted molar refractivity (Wildman–Crippen MR) is 96.8 cm³/mol. The number of amides is 2. The van der Waals surface area contributed by atoms with Crippen LogP contribution in [0.3, 0.4) is 0 Å². The lowest BCUT2D eigenvalue weighted by molar-refractivity contribution is -0.137. The van der Waals surface area contributed by atoms with Gasteiger partial charge in [-0.2, -0.15) is 13.2 Å². The van der Waals surface area contributed by atoms with Gasteiger partial charge in [0.15, 0.2) is 6.10 Å². The average molecular weight is 392 g/mol. The number of carbonyl (C=O) groups is 2. The van der Waals surface area contributed by atoms with Gasteiger partial charge in [0, 0.05) is 19.5 Å². The molecule has 1 aliphatic rings. The molecule has 2 aromatic rings. The Kier molecular flexibility index (Phi) is 5.58. The monoisotopic (exact) mass is 392 g/mol. The van der Waals surface area contributed by atoms with Gasteiger partial charge in [0.25, 0.3) is 5.91 Å². The number of nitrogens with one attached hydrogen (secondary N) is 1. The van der Waals surface area contributed by atoms with E-state index in [1.807, 2.05) is 0 Å². The van der Waals surface area contributed by atoms with Crippen molar-refractivity contribution in [1.82, 2.24) is 5.32 Å². The van der Waals surface area contributed by atoms with Crippen LogP contribution in [0.4, 0.5) is 18.9 Å². The fourth-order valence-corrected chi connectivity index (χ4v) is 2.90. The van der Waals surface area contributed by atoms with Crippen LogP contribution in [0.1, 0.15) is 24.5 Å². The smallest absolute Gasteiger partial charge is 0.416 e. The fourth-order valence-electron chi connectivity index (χ4n) is 2.90. The van der Waals surface area contributed by atoms with Crippen LogP contribution >= 0.6 is 0 Å². The molecule has 2 amide bonds. The number of nitrogens with zero attached hydrogens (tertiary/aromatic N) is 1. The molecule has 8 heteroatoms. The Hall–Kier alpha value is -3.03. The molecule has 148 valence electrons. The van der Waals surface area contributed by atoms with Gasteiger partial charge >= 0.3 is 6.18 Å². The summed E-state index contributed by atoms with van der Waals surface area (Å²) in [5.74, 6) is 0.0540. The molecule has 0 spiro atoms. The van der Waals surface area contributed by atoms with Gasteiger partial charge in [0.05, 0.1) is 11.3 Å². The predicted octanol–water partition coefficient (Wildman–Crippen LogP) is 3.53. The number of halogens is 3. The van der Waals surface area contributed by atoms with Crippen molar-refractivity contribution in [2.24, 2.45) is 0 Å². The van der Waals surface area contributed by atoms with E-state index in [0.717, 1.165) is 12.1 Å². The van der Waals surface area contributed by atoms with Crippen molar-refractivity contribution in [3.05, 3.63) is 59.7 Å². The highest BCUT2D eigenvalue weighted by Crippen LogP contribution is 2.33. The van der Waals surface area contributed by atoms with Crippen molar-refractivity contribution in [3.63, 3.8) is 0 Å². The van der Waals surface area contributed by atoms with E-state index in [2.05, 4.69) is 5.32 Å². The molecule has 0 fully saturated rings. The Morgan fingerprint density at radius 2 is 1.82 bits per heavy atom. The number of benzene rings is 2. The zero-order chi connectivity index (χ0) is 20.3. The van der Waals surface area contributed by atoms with Crippen molar-refractivity contribution >= 4 is 17.5 Å². The molecule has 2 aromatic carbocycles. The summed E-state index contributed by atoms with van der Waals surface area (Å²) in [6.07, 6.45) is -4.96. The molecule has 0 aromatic heterocycles. The van der Waals surface area contributed by atoms with Gasteiger partial charge in [0.2, 0.25) is 5.91 Å². The van der Waals surface area contributed by atoms with E-state index in [4.69, 9.17) is 4.74 Å². The summed E-state index contributed by atoms with van der Waals surface area (Å²) in [7, 11) is 0. The van der Waals surface area contributed by atoms with Crippen molar-refractivity contribution in [3.8, 4) is 5.75 Å². The van der Waals surface area contributed by atoms with Gasteiger partial charge < -0.3 is 15.0 Å². The minimum Gasteiger partial charge on any atom is -0.479 e. The fraction of sp³-hybridized carbons (Fsp3) is 0.300. The zero-order valence-corrected chi connectivity index (χ0v) is 15.1. The number of fused-ring (bicyclic) bond motifs is 1. The van der Waals surface area contributed by atoms with Crippen LogP contribution in [0.15, 0.2) is 48.5 Å². The SMILES string of the molecule is CC1Oc2ccccc2N(CCC(=O)NCc2ccc(C(F)(F)F)cc2)C1=O. The van der Waals surface area contributed by atoms with E-state index in [0.29, 0.717) is 17.0 Å². The molecule has 0 aliphatic carbocycles. The van der Waals surface area contributed by atoms with Crippen LogP contribution in [0.2, 0.25) is 0 Å². The zero-order valence-electron chi connectivity index (χ0n) is 15.1. The van der Waals surface area contributed by atoms with Crippen LogP contribution in [-0.4, -0.2) is 24.5 Å². The number of rotatable bonds is 5. The third-order valence-corrected chi connectivity index (χ3v) is 4.41. The van der Waals surface area contributed by atoms with Gasteiger partial charge in [0.1, 0.15) is 5.75 Å². The Labute approximate surface area is 160 Å². The maximum absolute atomic E-state index is 12.6. The third-order valence-electron chi connectivity index (χ3n) is 4.41. The highest BCUT2D eigenvalue weighted by atomic mass is 19.4. The standard InChI is InChI=1S/C20H19F3N2O3/c1-13-19(27)25(16-4-2-3-5-17(16)28-13)11-10-18(26)24-12-14-6-8-15(9-7-14)20(21,22)23/h2-9,13H,10-12H2,1H3,(H,24,26). The van der Waals surface area contributed by atoms with Crippen molar-refractivity contribution in [1.29, 1.82) is 0 Å². The number of hydrogen-bond acceptors (Lipinski definition) is 3. The van der Waals surface area contributed by atoms with Crippen LogP contribution in [-0.2, 0) is 22.3 Å². The first-order valence-electron chi connectivity index (χ1n) is 8.75. The average Bonchev–Trinajstić information content (AvgIpc) is 2.66. The van der Waals surface area contributed by atoms with E-state index in [9.17, 15) is 22.8 Å². The number of anilines is 1. The Balaban J connectivity index is 1.55. The molecule has 0 radical (unpaired) electrons. The highest BCUT2D eigenvalue weighted by molar-refractivity contribution is 6.00. The molecule has 1 unspecified atom stereocenters. The van der Waals surface area contributed by atoms with E-state index < -0.39 is 17.8 Å². The number of para-hydroxylation sites is 2. The maximum atomic E-state index is 12.6. The maximum Gasteiger partial charge on any atom is 0.416 e. The molecule has 28 heavy (non-hydrogen) atoms. The lowest BCUT2D eigenvalue weighted by Crippen LogP contribution is -2.45. The molecule has 0 saturated heterocycles. The molecular weight excluding hydrogens is 373 g/mol. The molecule has 5 nitrogen and oxygen atoms in total. The van der Waals surface area contributed by atoms with Gasteiger partial charge in [-0.05, 0) is 36.8 Å². The molecule has 3 rings (SSSR count). The van der Waals surface area contributed by atoms with Crippen molar-refractivity contribution < 1.29 is 27.5 Å². The minimum absolute atomic E-state index is 0.0629. The van der Waals surface area contributed by atoms with Crippen LogP contribution in [0.25, 0.3) is 0 Å². The van der Waals surface area contributed by atoms with Crippen LogP contribution in [0.5, 0.6) is 5.75 Å². The van der Waals surface area contributed by atoms with E-state index in [1.165, 1.54) is 17.0 Å². The second-order valence-corrected chi connectivity index (χ2v) is 6.44. The molecule has 0 bridgehead atoms. The minimum atomic E-state index is -4.39. The first-order chi connectivity index (χ1) is 13.3. The second-order valence-electron chi connectivity index (χ2n) is 6.44. The number of hydrogen-bond donors (Lipinski definition) is 1. The summed E-state index contributed by atoms with van der Waals surface area (Å²) in [6, 6.07) is 11.7. The van der Waals surface area contributed by atoms with Crippen LogP contribution < -0.4 is 15.0 Å². The van der Waals surface area contributed by atoms with Gasteiger partial charge in [-0.15, -0.1) is 0 Å². The molecular formula is C20H19F3N2O3. The lowest BCUT2D eigenvalue weighted by atomic mass is 10.1. The van der Waals surface area contributed by atoms with Gasteiger partial charge in [-0.1, -0.05) is 24.3 Å². The molecule has 1 heterocycles. The topological polar surface area (TPSA) is 58.6 Å². The van der Waals surface area contributed by atoms with E-state index >= 15 is 0 Å². The molecule has 1 atom stereocenters. The van der Waals surface area contributed by atoms with Gasteiger partial charge in [-0.3, -0.25) is 9.59 Å². The van der Waals surface area contributed by atoms with Crippen molar-refractivity contribution in [2.45, 2.75) is 32.2 Å². The quantitative estimate of drug-likeness (QED) is 0.847. The van der Waals surface area contributed by atoms with Crippen molar-refractivity contribution in [2.75, 3.05) is 11.4 Å². The Morgan fingerprint density at radius 1 is 1.14 bits per heavy atom. The van der Waals surface area contributed by atoms with E-state index in [-0.39, 0.29) is 31.3 Å². The number of carbonyl (C=O) groups excluding carboxylic acids is 2. The summed E-state index contributed by atoms with van der Waals surface area (Å²) in [5.41, 5.74) is 0.435. The molecule has 1 aliphatic heterocycles. The normalized spacial score (nSPS) is 16.4. The highest BCUT2D eigenvalue weighted by Gasteiger charge is 2.31. The largest absolute Gasteiger partial charge is 0.479 e. The summed E-state index contributed by atoms with van der Waals surface area (Å²) >= 11 is 0. The second kappa shape index (κ2) is 7.92. The molecule has 0 saturated carbocycles. The summed E-state index contributed by atoms with van der Waals surface area (Å²) in [4.78, 5) is 26.0. The Morgan fingerprint density at radius 3 is 2.50 bits per heavy atom. The lowest BCUT2D eigenvalue weighted by Gasteiger charge is -2.32. The summed E-state index contributed by atoms with van der Waals surface area (Å²) < 4.78 is 43.2. The third kappa shape index (κ3) is 4.44. The first kappa shape index (κ1) is 19.7. The number of alkyl halides is 3. The summed E-state index contributed by atoms with van der Waals surface area (Å²) in [6.45, 7) is 1.94. The Bertz CT molecular complexity index is 866.